The molecule has 1 amide bonds. The molecule has 0 radical (unpaired) electrons. The van der Waals surface area contributed by atoms with Gasteiger partial charge in [0.05, 0.1) is 14.9 Å². The number of nitriles is 1. The number of aryl methyl sites for hydroxylation is 1. The summed E-state index contributed by atoms with van der Waals surface area (Å²) in [6, 6.07) is 5.49. The summed E-state index contributed by atoms with van der Waals surface area (Å²) >= 11 is 4.62. The summed E-state index contributed by atoms with van der Waals surface area (Å²) < 4.78 is 2.34. The van der Waals surface area contributed by atoms with Gasteiger partial charge in [0.2, 0.25) is 0 Å². The lowest BCUT2D eigenvalue weighted by Crippen LogP contribution is -2.14. The van der Waals surface area contributed by atoms with Crippen LogP contribution in [0.15, 0.2) is 22.1 Å². The molecule has 0 aliphatic heterocycles. The van der Waals surface area contributed by atoms with Crippen molar-refractivity contribution in [1.29, 1.82) is 5.26 Å². The van der Waals surface area contributed by atoms with Gasteiger partial charge in [-0.15, -0.1) is 11.3 Å². The standard InChI is InChI=1S/C10H7BrN4OS/c1-15-9(6(4-12)5-13-15)14-10(16)7-2-3-8(11)17-7/h2-3,5H,1H3,(H,14,16). The Bertz CT molecular complexity index is 610. The second-order valence-corrected chi connectivity index (χ2v) is 5.66. The summed E-state index contributed by atoms with van der Waals surface area (Å²) in [5.74, 6) is 0.155. The van der Waals surface area contributed by atoms with Crippen molar-refractivity contribution >= 4 is 39.0 Å². The molecule has 0 saturated heterocycles. The predicted molar refractivity (Wildman–Crippen MR) is 67.9 cm³/mol. The number of thiophene rings is 1. The van der Waals surface area contributed by atoms with Gasteiger partial charge in [0.15, 0.2) is 0 Å². The Hall–Kier alpha value is -1.65. The fraction of sp³-hybridized carbons (Fsp3) is 0.100. The van der Waals surface area contributed by atoms with Crippen LogP contribution in [0.25, 0.3) is 0 Å². The summed E-state index contributed by atoms with van der Waals surface area (Å²) in [5, 5.41) is 15.4. The SMILES string of the molecule is Cn1ncc(C#N)c1NC(=O)c1ccc(Br)s1. The van der Waals surface area contributed by atoms with Gasteiger partial charge in [-0.25, -0.2) is 0 Å². The molecule has 5 nitrogen and oxygen atoms in total. The fourth-order valence-electron chi connectivity index (χ4n) is 1.27. The Balaban J connectivity index is 2.24. The van der Waals surface area contributed by atoms with Gasteiger partial charge in [-0.3, -0.25) is 9.48 Å². The summed E-state index contributed by atoms with van der Waals surface area (Å²) in [4.78, 5) is 12.4. The lowest BCUT2D eigenvalue weighted by Gasteiger charge is -2.03. The molecule has 7 heteroatoms. The van der Waals surface area contributed by atoms with Gasteiger partial charge in [0, 0.05) is 7.05 Å². The van der Waals surface area contributed by atoms with E-state index in [1.54, 1.807) is 19.2 Å². The number of carbonyl (C=O) groups is 1. The highest BCUT2D eigenvalue weighted by Gasteiger charge is 2.14. The minimum Gasteiger partial charge on any atom is -0.305 e. The van der Waals surface area contributed by atoms with Crippen LogP contribution < -0.4 is 5.32 Å². The second kappa shape index (κ2) is 4.69. The van der Waals surface area contributed by atoms with E-state index in [1.165, 1.54) is 22.2 Å². The third-order valence-corrected chi connectivity index (χ3v) is 3.71. The maximum absolute atomic E-state index is 11.9. The monoisotopic (exact) mass is 310 g/mol. The van der Waals surface area contributed by atoms with Crippen molar-refractivity contribution in [1.82, 2.24) is 9.78 Å². The van der Waals surface area contributed by atoms with Crippen molar-refractivity contribution in [3.05, 3.63) is 32.6 Å². The van der Waals surface area contributed by atoms with Crippen molar-refractivity contribution in [2.75, 3.05) is 5.32 Å². The lowest BCUT2D eigenvalue weighted by molar-refractivity contribution is 0.102. The number of hydrogen-bond donors (Lipinski definition) is 1. The van der Waals surface area contributed by atoms with Crippen LogP contribution in [0, 0.1) is 11.3 Å². The molecule has 2 aromatic heterocycles. The first kappa shape index (κ1) is 11.8. The van der Waals surface area contributed by atoms with Crippen molar-refractivity contribution in [2.24, 2.45) is 7.05 Å². The Labute approximate surface area is 110 Å². The highest BCUT2D eigenvalue weighted by Crippen LogP contribution is 2.23. The largest absolute Gasteiger partial charge is 0.305 e. The quantitative estimate of drug-likeness (QED) is 0.925. The Morgan fingerprint density at radius 2 is 2.41 bits per heavy atom. The fourth-order valence-corrected chi connectivity index (χ4v) is 2.55. The van der Waals surface area contributed by atoms with E-state index in [2.05, 4.69) is 26.3 Å². The zero-order valence-corrected chi connectivity index (χ0v) is 11.2. The van der Waals surface area contributed by atoms with Crippen LogP contribution in [-0.2, 0) is 7.05 Å². The molecule has 0 aliphatic carbocycles. The van der Waals surface area contributed by atoms with E-state index in [1.807, 2.05) is 6.07 Å². The van der Waals surface area contributed by atoms with Crippen LogP contribution in [0.2, 0.25) is 0 Å². The molecule has 17 heavy (non-hydrogen) atoms. The predicted octanol–water partition coefficient (Wildman–Crippen LogP) is 2.37. The summed E-state index contributed by atoms with van der Waals surface area (Å²) in [5.41, 5.74) is 0.344. The molecule has 86 valence electrons. The number of nitrogens with one attached hydrogen (secondary N) is 1. The maximum Gasteiger partial charge on any atom is 0.266 e. The summed E-state index contributed by atoms with van der Waals surface area (Å²) in [6.07, 6.45) is 1.42. The summed E-state index contributed by atoms with van der Waals surface area (Å²) in [7, 11) is 1.67. The van der Waals surface area contributed by atoms with E-state index in [-0.39, 0.29) is 5.91 Å². The molecule has 0 aliphatic rings. The molecule has 2 aromatic rings. The number of halogens is 1. The molecule has 0 aromatic carbocycles. The average molecular weight is 311 g/mol. The van der Waals surface area contributed by atoms with E-state index >= 15 is 0 Å². The third-order valence-electron chi connectivity index (χ3n) is 2.09. The average Bonchev–Trinajstić information content (AvgIpc) is 2.87. The molecule has 0 bridgehead atoms. The number of aromatic nitrogens is 2. The van der Waals surface area contributed by atoms with Crippen LogP contribution in [0.5, 0.6) is 0 Å². The first-order chi connectivity index (χ1) is 8.11. The smallest absolute Gasteiger partial charge is 0.266 e. The minimum atomic E-state index is -0.249. The normalized spacial score (nSPS) is 9.94. The van der Waals surface area contributed by atoms with Crippen LogP contribution in [0.1, 0.15) is 15.2 Å². The molecule has 0 atom stereocenters. The Morgan fingerprint density at radius 3 is 3.00 bits per heavy atom. The van der Waals surface area contributed by atoms with Gasteiger partial charge in [-0.05, 0) is 28.1 Å². The van der Waals surface area contributed by atoms with Gasteiger partial charge < -0.3 is 5.32 Å². The number of hydrogen-bond acceptors (Lipinski definition) is 4. The van der Waals surface area contributed by atoms with E-state index in [0.717, 1.165) is 3.79 Å². The molecule has 1 N–H and O–H groups in total. The molecule has 0 fully saturated rings. The molecule has 2 heterocycles. The van der Waals surface area contributed by atoms with Gasteiger partial charge in [-0.2, -0.15) is 10.4 Å². The highest BCUT2D eigenvalue weighted by atomic mass is 79.9. The zero-order valence-electron chi connectivity index (χ0n) is 8.77. The van der Waals surface area contributed by atoms with Gasteiger partial charge >= 0.3 is 0 Å². The van der Waals surface area contributed by atoms with E-state index in [9.17, 15) is 4.79 Å². The highest BCUT2D eigenvalue weighted by molar-refractivity contribution is 9.11. The summed E-state index contributed by atoms with van der Waals surface area (Å²) in [6.45, 7) is 0. The van der Waals surface area contributed by atoms with Crippen molar-refractivity contribution in [3.63, 3.8) is 0 Å². The maximum atomic E-state index is 11.9. The first-order valence-electron chi connectivity index (χ1n) is 4.60. The van der Waals surface area contributed by atoms with Crippen LogP contribution in [-0.4, -0.2) is 15.7 Å². The van der Waals surface area contributed by atoms with E-state index < -0.39 is 0 Å². The molecule has 0 unspecified atom stereocenters. The molecule has 0 spiro atoms. The molecular formula is C10H7BrN4OS. The number of anilines is 1. The Morgan fingerprint density at radius 1 is 1.65 bits per heavy atom. The zero-order chi connectivity index (χ0) is 12.4. The molecule has 2 rings (SSSR count). The van der Waals surface area contributed by atoms with E-state index in [0.29, 0.717) is 16.3 Å². The number of amides is 1. The van der Waals surface area contributed by atoms with Crippen molar-refractivity contribution in [2.45, 2.75) is 0 Å². The third kappa shape index (κ3) is 2.38. The Kier molecular flexibility index (Phi) is 3.26. The van der Waals surface area contributed by atoms with Crippen molar-refractivity contribution in [3.8, 4) is 6.07 Å². The second-order valence-electron chi connectivity index (χ2n) is 3.20. The molecular weight excluding hydrogens is 304 g/mol. The van der Waals surface area contributed by atoms with Crippen molar-refractivity contribution < 1.29 is 4.79 Å². The van der Waals surface area contributed by atoms with Gasteiger partial charge in [0.25, 0.3) is 5.91 Å². The van der Waals surface area contributed by atoms with Crippen LogP contribution in [0.3, 0.4) is 0 Å². The number of nitrogens with zero attached hydrogens (tertiary/aromatic N) is 3. The topological polar surface area (TPSA) is 70.7 Å². The number of rotatable bonds is 2. The van der Waals surface area contributed by atoms with Gasteiger partial charge in [0.1, 0.15) is 17.5 Å². The van der Waals surface area contributed by atoms with E-state index in [4.69, 9.17) is 5.26 Å². The first-order valence-corrected chi connectivity index (χ1v) is 6.21. The van der Waals surface area contributed by atoms with Crippen LogP contribution >= 0.6 is 27.3 Å². The molecule has 0 saturated carbocycles. The number of carbonyl (C=O) groups excluding carboxylic acids is 1. The van der Waals surface area contributed by atoms with Crippen LogP contribution in [0.4, 0.5) is 5.82 Å². The minimum absolute atomic E-state index is 0.249. The lowest BCUT2D eigenvalue weighted by atomic mass is 10.3. The van der Waals surface area contributed by atoms with Gasteiger partial charge in [-0.1, -0.05) is 0 Å².